The van der Waals surface area contributed by atoms with Crippen LogP contribution in [0.4, 0.5) is 5.82 Å². The molecule has 1 aromatic carbocycles. The molecule has 0 aliphatic heterocycles. The molecule has 4 rings (SSSR count). The number of anilines is 1. The zero-order valence-corrected chi connectivity index (χ0v) is 16.2. The topological polar surface area (TPSA) is 68.5 Å². The lowest BCUT2D eigenvalue weighted by Crippen LogP contribution is -2.06. The van der Waals surface area contributed by atoms with Gasteiger partial charge in [-0.15, -0.1) is 0 Å². The highest BCUT2D eigenvalue weighted by Crippen LogP contribution is 2.21. The van der Waals surface area contributed by atoms with E-state index in [1.807, 2.05) is 61.0 Å². The van der Waals surface area contributed by atoms with Crippen molar-refractivity contribution < 1.29 is 0 Å². The van der Waals surface area contributed by atoms with Crippen LogP contribution in [-0.4, -0.2) is 24.7 Å². The molecule has 0 saturated carbocycles. The molecular formula is C22H22N6. The largest absolute Gasteiger partial charge is 0.366 e. The fourth-order valence-corrected chi connectivity index (χ4v) is 3.23. The van der Waals surface area contributed by atoms with Crippen LogP contribution < -0.4 is 5.32 Å². The number of nitrogens with zero attached hydrogens (tertiary/aromatic N) is 5. The number of hydrogen-bond donors (Lipinski definition) is 1. The van der Waals surface area contributed by atoms with Gasteiger partial charge in [0.1, 0.15) is 11.6 Å². The summed E-state index contributed by atoms with van der Waals surface area (Å²) in [6.45, 7) is 6.66. The first kappa shape index (κ1) is 17.9. The number of hydrogen-bond acceptors (Lipinski definition) is 5. The number of benzene rings is 1. The predicted molar refractivity (Wildman–Crippen MR) is 110 cm³/mol. The van der Waals surface area contributed by atoms with Gasteiger partial charge < -0.3 is 5.32 Å². The summed E-state index contributed by atoms with van der Waals surface area (Å²) in [4.78, 5) is 13.4. The summed E-state index contributed by atoms with van der Waals surface area (Å²) in [6.07, 6.45) is 1.77. The lowest BCUT2D eigenvalue weighted by atomic mass is 10.2. The van der Waals surface area contributed by atoms with Gasteiger partial charge in [0.15, 0.2) is 0 Å². The van der Waals surface area contributed by atoms with Gasteiger partial charge in [0.2, 0.25) is 0 Å². The maximum atomic E-state index is 4.71. The van der Waals surface area contributed by atoms with Crippen LogP contribution in [0.3, 0.4) is 0 Å². The van der Waals surface area contributed by atoms with Crippen molar-refractivity contribution in [2.24, 2.45) is 0 Å². The Kier molecular flexibility index (Phi) is 4.85. The van der Waals surface area contributed by atoms with Crippen LogP contribution in [0, 0.1) is 20.8 Å². The van der Waals surface area contributed by atoms with Crippen LogP contribution in [0.15, 0.2) is 60.8 Å². The summed E-state index contributed by atoms with van der Waals surface area (Å²) >= 11 is 0. The Morgan fingerprint density at radius 1 is 0.893 bits per heavy atom. The van der Waals surface area contributed by atoms with Crippen molar-refractivity contribution in [3.8, 4) is 17.1 Å². The molecule has 3 aromatic heterocycles. The van der Waals surface area contributed by atoms with Crippen LogP contribution >= 0.6 is 0 Å². The molecule has 0 atom stereocenters. The second-order valence-corrected chi connectivity index (χ2v) is 6.65. The van der Waals surface area contributed by atoms with E-state index in [0.29, 0.717) is 12.4 Å². The standard InChI is InChI=1S/C22H22N6/c1-15-19(16(2)28(27-15)18-9-5-4-6-10-18)14-24-22-13-21(25-17(3)26-22)20-11-7-8-12-23-20/h4-13H,14H2,1-3H3,(H,24,25,26). The molecule has 0 aliphatic carbocycles. The van der Waals surface area contributed by atoms with E-state index in [0.717, 1.165) is 34.3 Å². The summed E-state index contributed by atoms with van der Waals surface area (Å²) in [5, 5.41) is 8.14. The summed E-state index contributed by atoms with van der Waals surface area (Å²) < 4.78 is 1.98. The lowest BCUT2D eigenvalue weighted by molar-refractivity contribution is 0.832. The van der Waals surface area contributed by atoms with Crippen molar-refractivity contribution in [3.63, 3.8) is 0 Å². The van der Waals surface area contributed by atoms with Gasteiger partial charge in [0.25, 0.3) is 0 Å². The molecule has 0 amide bonds. The van der Waals surface area contributed by atoms with Crippen molar-refractivity contribution in [1.29, 1.82) is 0 Å². The van der Waals surface area contributed by atoms with E-state index in [1.54, 1.807) is 6.20 Å². The smallest absolute Gasteiger partial charge is 0.130 e. The van der Waals surface area contributed by atoms with Gasteiger partial charge in [-0.25, -0.2) is 14.6 Å². The maximum absolute atomic E-state index is 4.71. The van der Waals surface area contributed by atoms with Crippen molar-refractivity contribution in [1.82, 2.24) is 24.7 Å². The minimum absolute atomic E-state index is 0.641. The second-order valence-electron chi connectivity index (χ2n) is 6.65. The molecule has 0 aliphatic rings. The zero-order chi connectivity index (χ0) is 19.5. The van der Waals surface area contributed by atoms with Gasteiger partial charge >= 0.3 is 0 Å². The molecule has 6 nitrogen and oxygen atoms in total. The van der Waals surface area contributed by atoms with E-state index in [4.69, 9.17) is 5.10 Å². The Hall–Kier alpha value is -3.54. The van der Waals surface area contributed by atoms with Gasteiger partial charge in [-0.1, -0.05) is 24.3 Å². The highest BCUT2D eigenvalue weighted by molar-refractivity contribution is 5.58. The summed E-state index contributed by atoms with van der Waals surface area (Å²) in [6, 6.07) is 17.9. The van der Waals surface area contributed by atoms with E-state index in [2.05, 4.69) is 39.3 Å². The Morgan fingerprint density at radius 3 is 2.43 bits per heavy atom. The predicted octanol–water partition coefficient (Wildman–Crippen LogP) is 4.26. The molecule has 0 spiro atoms. The van der Waals surface area contributed by atoms with Crippen molar-refractivity contribution in [2.45, 2.75) is 27.3 Å². The molecule has 3 heterocycles. The van der Waals surface area contributed by atoms with Gasteiger partial charge in [0.05, 0.1) is 22.8 Å². The third-order valence-corrected chi connectivity index (χ3v) is 4.65. The number of aromatic nitrogens is 5. The first-order valence-electron chi connectivity index (χ1n) is 9.23. The number of para-hydroxylation sites is 1. The summed E-state index contributed by atoms with van der Waals surface area (Å²) in [5.41, 5.74) is 5.99. The molecule has 1 N–H and O–H groups in total. The number of aryl methyl sites for hydroxylation is 2. The molecular weight excluding hydrogens is 348 g/mol. The molecule has 0 fully saturated rings. The molecule has 0 radical (unpaired) electrons. The third-order valence-electron chi connectivity index (χ3n) is 4.65. The Bertz CT molecular complexity index is 1090. The molecule has 4 aromatic rings. The SMILES string of the molecule is Cc1nc(NCc2c(C)nn(-c3ccccc3)c2C)cc(-c2ccccn2)n1. The maximum Gasteiger partial charge on any atom is 0.130 e. The average Bonchev–Trinajstić information content (AvgIpc) is 3.01. The zero-order valence-electron chi connectivity index (χ0n) is 16.2. The Balaban J connectivity index is 1.59. The van der Waals surface area contributed by atoms with Crippen LogP contribution in [0.2, 0.25) is 0 Å². The molecule has 0 bridgehead atoms. The Labute approximate surface area is 164 Å². The Morgan fingerprint density at radius 2 is 1.68 bits per heavy atom. The summed E-state index contributed by atoms with van der Waals surface area (Å²) in [7, 11) is 0. The highest BCUT2D eigenvalue weighted by Gasteiger charge is 2.13. The fraction of sp³-hybridized carbons (Fsp3) is 0.182. The quantitative estimate of drug-likeness (QED) is 0.568. The van der Waals surface area contributed by atoms with Crippen LogP contribution in [0.25, 0.3) is 17.1 Å². The highest BCUT2D eigenvalue weighted by atomic mass is 15.3. The van der Waals surface area contributed by atoms with Crippen molar-refractivity contribution in [3.05, 3.63) is 83.6 Å². The molecule has 0 unspecified atom stereocenters. The first-order chi connectivity index (χ1) is 13.6. The molecule has 6 heteroatoms. The minimum Gasteiger partial charge on any atom is -0.366 e. The van der Waals surface area contributed by atoms with Crippen LogP contribution in [0.1, 0.15) is 22.8 Å². The van der Waals surface area contributed by atoms with E-state index < -0.39 is 0 Å². The monoisotopic (exact) mass is 370 g/mol. The molecule has 140 valence electrons. The molecule has 0 saturated heterocycles. The van der Waals surface area contributed by atoms with Gasteiger partial charge in [0, 0.05) is 30.1 Å². The minimum atomic E-state index is 0.641. The van der Waals surface area contributed by atoms with Crippen molar-refractivity contribution >= 4 is 5.82 Å². The van der Waals surface area contributed by atoms with Gasteiger partial charge in [-0.2, -0.15) is 5.10 Å². The van der Waals surface area contributed by atoms with Crippen LogP contribution in [0.5, 0.6) is 0 Å². The second kappa shape index (κ2) is 7.60. The van der Waals surface area contributed by atoms with Gasteiger partial charge in [-0.05, 0) is 45.0 Å². The first-order valence-corrected chi connectivity index (χ1v) is 9.23. The van der Waals surface area contributed by atoms with Crippen molar-refractivity contribution in [2.75, 3.05) is 5.32 Å². The molecule has 28 heavy (non-hydrogen) atoms. The third kappa shape index (κ3) is 3.62. The van der Waals surface area contributed by atoms with Gasteiger partial charge in [-0.3, -0.25) is 4.98 Å². The van der Waals surface area contributed by atoms with E-state index in [-0.39, 0.29) is 0 Å². The lowest BCUT2D eigenvalue weighted by Gasteiger charge is -2.09. The van der Waals surface area contributed by atoms with E-state index in [9.17, 15) is 0 Å². The fourth-order valence-electron chi connectivity index (χ4n) is 3.23. The number of nitrogens with one attached hydrogen (secondary N) is 1. The van der Waals surface area contributed by atoms with Crippen LogP contribution in [-0.2, 0) is 6.54 Å². The van der Waals surface area contributed by atoms with E-state index >= 15 is 0 Å². The summed E-state index contributed by atoms with van der Waals surface area (Å²) in [5.74, 6) is 1.48. The van der Waals surface area contributed by atoms with E-state index in [1.165, 1.54) is 5.56 Å². The number of pyridine rings is 1. The normalized spacial score (nSPS) is 10.8. The number of rotatable bonds is 5. The average molecular weight is 370 g/mol.